The molecule has 4 rings (SSSR count). The van der Waals surface area contributed by atoms with Gasteiger partial charge in [-0.05, 0) is 31.0 Å². The Labute approximate surface area is 128 Å². The van der Waals surface area contributed by atoms with E-state index in [1.54, 1.807) is 0 Å². The van der Waals surface area contributed by atoms with Crippen molar-refractivity contribution >= 4 is 16.9 Å². The number of fused-ring (bicyclic) bond motifs is 3. The lowest BCUT2D eigenvalue weighted by Gasteiger charge is -2.14. The molecule has 0 bridgehead atoms. The third-order valence-corrected chi connectivity index (χ3v) is 4.29. The van der Waals surface area contributed by atoms with Crippen molar-refractivity contribution in [3.8, 4) is 0 Å². The molecule has 1 unspecified atom stereocenters. The molecule has 1 aromatic heterocycles. The number of hydrogen-bond acceptors (Lipinski definition) is 4. The highest BCUT2D eigenvalue weighted by atomic mass is 16.5. The van der Waals surface area contributed by atoms with Crippen molar-refractivity contribution in [2.24, 2.45) is 0 Å². The molecule has 6 heteroatoms. The molecular formula is C16H19N3O3. The Balaban J connectivity index is 1.52. The second-order valence-corrected chi connectivity index (χ2v) is 5.78. The first-order valence-electron chi connectivity index (χ1n) is 7.78. The Morgan fingerprint density at radius 3 is 3.23 bits per heavy atom. The SMILES string of the molecule is O=C(NCC1CCCO1)c1ccc2c(c1)nc1n2CCOC1. The van der Waals surface area contributed by atoms with Crippen LogP contribution in [0.1, 0.15) is 29.0 Å². The van der Waals surface area contributed by atoms with Crippen molar-refractivity contribution in [3.05, 3.63) is 29.6 Å². The minimum atomic E-state index is -0.0698. The normalized spacial score (nSPS) is 21.0. The topological polar surface area (TPSA) is 65.4 Å². The van der Waals surface area contributed by atoms with Gasteiger partial charge in [0.15, 0.2) is 0 Å². The van der Waals surface area contributed by atoms with Gasteiger partial charge in [-0.2, -0.15) is 0 Å². The summed E-state index contributed by atoms with van der Waals surface area (Å²) in [6, 6.07) is 5.68. The van der Waals surface area contributed by atoms with Crippen LogP contribution in [-0.4, -0.2) is 41.3 Å². The average Bonchev–Trinajstić information content (AvgIpc) is 3.19. The molecule has 0 aliphatic carbocycles. The summed E-state index contributed by atoms with van der Waals surface area (Å²) in [7, 11) is 0. The summed E-state index contributed by atoms with van der Waals surface area (Å²) in [6.07, 6.45) is 2.26. The zero-order chi connectivity index (χ0) is 14.9. The predicted octanol–water partition coefficient (Wildman–Crippen LogP) is 1.48. The van der Waals surface area contributed by atoms with E-state index in [-0.39, 0.29) is 12.0 Å². The van der Waals surface area contributed by atoms with Gasteiger partial charge in [0.1, 0.15) is 12.4 Å². The maximum Gasteiger partial charge on any atom is 0.251 e. The highest BCUT2D eigenvalue weighted by molar-refractivity contribution is 5.97. The molecule has 2 aromatic rings. The number of imidazole rings is 1. The number of amides is 1. The first-order valence-corrected chi connectivity index (χ1v) is 7.78. The highest BCUT2D eigenvalue weighted by Crippen LogP contribution is 2.21. The average molecular weight is 301 g/mol. The molecule has 2 aliphatic rings. The number of hydrogen-bond donors (Lipinski definition) is 1. The van der Waals surface area contributed by atoms with Crippen LogP contribution in [0, 0.1) is 0 Å². The van der Waals surface area contributed by atoms with Crippen LogP contribution < -0.4 is 5.32 Å². The van der Waals surface area contributed by atoms with Crippen LogP contribution in [0.15, 0.2) is 18.2 Å². The van der Waals surface area contributed by atoms with Crippen LogP contribution in [0.4, 0.5) is 0 Å². The Morgan fingerprint density at radius 1 is 1.41 bits per heavy atom. The Kier molecular flexibility index (Phi) is 3.56. The van der Waals surface area contributed by atoms with Crippen LogP contribution in [-0.2, 0) is 22.6 Å². The van der Waals surface area contributed by atoms with E-state index in [1.807, 2.05) is 18.2 Å². The molecule has 1 fully saturated rings. The fraction of sp³-hybridized carbons (Fsp3) is 0.500. The van der Waals surface area contributed by atoms with Crippen LogP contribution in [0.3, 0.4) is 0 Å². The van der Waals surface area contributed by atoms with Crippen LogP contribution in [0.5, 0.6) is 0 Å². The van der Waals surface area contributed by atoms with E-state index in [4.69, 9.17) is 9.47 Å². The fourth-order valence-corrected chi connectivity index (χ4v) is 3.11. The predicted molar refractivity (Wildman–Crippen MR) is 80.7 cm³/mol. The van der Waals surface area contributed by atoms with Gasteiger partial charge in [0.2, 0.25) is 0 Å². The Hall–Kier alpha value is -1.92. The lowest BCUT2D eigenvalue weighted by Crippen LogP contribution is -2.31. The van der Waals surface area contributed by atoms with E-state index in [2.05, 4.69) is 14.9 Å². The first-order chi connectivity index (χ1) is 10.8. The molecule has 6 nitrogen and oxygen atoms in total. The molecule has 3 heterocycles. The zero-order valence-corrected chi connectivity index (χ0v) is 12.4. The minimum absolute atomic E-state index is 0.0698. The molecule has 116 valence electrons. The van der Waals surface area contributed by atoms with Gasteiger partial charge in [-0.3, -0.25) is 4.79 Å². The standard InChI is InChI=1S/C16H19N3O3/c20-16(17-9-12-2-1-6-22-12)11-3-4-14-13(8-11)18-15-10-21-7-5-19(14)15/h3-4,8,12H,1-2,5-7,9-10H2,(H,17,20). The number of carbonyl (C=O) groups excluding carboxylic acids is 1. The second kappa shape index (κ2) is 5.70. The summed E-state index contributed by atoms with van der Waals surface area (Å²) >= 11 is 0. The van der Waals surface area contributed by atoms with E-state index < -0.39 is 0 Å². The third kappa shape index (κ3) is 2.48. The summed E-state index contributed by atoms with van der Waals surface area (Å²) in [5, 5.41) is 2.94. The molecular weight excluding hydrogens is 282 g/mol. The van der Waals surface area contributed by atoms with Gasteiger partial charge in [-0.1, -0.05) is 0 Å². The van der Waals surface area contributed by atoms with Crippen LogP contribution >= 0.6 is 0 Å². The number of aromatic nitrogens is 2. The minimum Gasteiger partial charge on any atom is -0.376 e. The molecule has 0 radical (unpaired) electrons. The van der Waals surface area contributed by atoms with E-state index in [0.29, 0.717) is 25.3 Å². The van der Waals surface area contributed by atoms with Gasteiger partial charge in [0.25, 0.3) is 5.91 Å². The number of nitrogens with one attached hydrogen (secondary N) is 1. The Morgan fingerprint density at radius 2 is 2.36 bits per heavy atom. The molecule has 1 aromatic carbocycles. The Bertz CT molecular complexity index is 704. The van der Waals surface area contributed by atoms with E-state index in [1.165, 1.54) is 0 Å². The maximum absolute atomic E-state index is 12.3. The van der Waals surface area contributed by atoms with Crippen LogP contribution in [0.2, 0.25) is 0 Å². The van der Waals surface area contributed by atoms with Crippen LogP contribution in [0.25, 0.3) is 11.0 Å². The fourth-order valence-electron chi connectivity index (χ4n) is 3.11. The first kappa shape index (κ1) is 13.7. The van der Waals surface area contributed by atoms with Crippen molar-refractivity contribution in [2.45, 2.75) is 32.1 Å². The summed E-state index contributed by atoms with van der Waals surface area (Å²) in [5.74, 6) is 0.859. The maximum atomic E-state index is 12.3. The monoisotopic (exact) mass is 301 g/mol. The van der Waals surface area contributed by atoms with Gasteiger partial charge < -0.3 is 19.4 Å². The van der Waals surface area contributed by atoms with Crippen molar-refractivity contribution in [1.29, 1.82) is 0 Å². The van der Waals surface area contributed by atoms with Gasteiger partial charge >= 0.3 is 0 Å². The molecule has 2 aliphatic heterocycles. The third-order valence-electron chi connectivity index (χ3n) is 4.29. The van der Waals surface area contributed by atoms with Crippen molar-refractivity contribution in [3.63, 3.8) is 0 Å². The molecule has 1 atom stereocenters. The van der Waals surface area contributed by atoms with Gasteiger partial charge in [0, 0.05) is 25.3 Å². The molecule has 1 saturated heterocycles. The van der Waals surface area contributed by atoms with Crippen molar-refractivity contribution in [2.75, 3.05) is 19.8 Å². The van der Waals surface area contributed by atoms with E-state index >= 15 is 0 Å². The summed E-state index contributed by atoms with van der Waals surface area (Å²) in [5.41, 5.74) is 2.56. The smallest absolute Gasteiger partial charge is 0.251 e. The second-order valence-electron chi connectivity index (χ2n) is 5.78. The van der Waals surface area contributed by atoms with Gasteiger partial charge in [-0.15, -0.1) is 0 Å². The van der Waals surface area contributed by atoms with Gasteiger partial charge in [0.05, 0.1) is 23.7 Å². The van der Waals surface area contributed by atoms with Crippen molar-refractivity contribution < 1.29 is 14.3 Å². The number of benzene rings is 1. The number of ether oxygens (including phenoxy) is 2. The molecule has 0 spiro atoms. The summed E-state index contributed by atoms with van der Waals surface area (Å²) in [6.45, 7) is 3.44. The van der Waals surface area contributed by atoms with E-state index in [0.717, 1.165) is 42.9 Å². The quantitative estimate of drug-likeness (QED) is 0.932. The summed E-state index contributed by atoms with van der Waals surface area (Å²) < 4.78 is 13.1. The van der Waals surface area contributed by atoms with E-state index in [9.17, 15) is 4.79 Å². The lowest BCUT2D eigenvalue weighted by atomic mass is 10.1. The molecule has 0 saturated carbocycles. The highest BCUT2D eigenvalue weighted by Gasteiger charge is 2.18. The number of carbonyl (C=O) groups is 1. The van der Waals surface area contributed by atoms with Gasteiger partial charge in [-0.25, -0.2) is 4.98 Å². The lowest BCUT2D eigenvalue weighted by molar-refractivity contribution is 0.0830. The summed E-state index contributed by atoms with van der Waals surface area (Å²) in [4.78, 5) is 16.8. The number of rotatable bonds is 3. The number of nitrogens with zero attached hydrogens (tertiary/aromatic N) is 2. The zero-order valence-electron chi connectivity index (χ0n) is 12.4. The van der Waals surface area contributed by atoms with Crippen molar-refractivity contribution in [1.82, 2.24) is 14.9 Å². The largest absolute Gasteiger partial charge is 0.376 e. The molecule has 22 heavy (non-hydrogen) atoms. The molecule has 1 amide bonds. The molecule has 1 N–H and O–H groups in total.